The molecule has 1 fully saturated rings. The van der Waals surface area contributed by atoms with E-state index in [9.17, 15) is 0 Å². The maximum absolute atomic E-state index is 5.40. The van der Waals surface area contributed by atoms with Crippen molar-refractivity contribution in [1.82, 2.24) is 24.5 Å². The van der Waals surface area contributed by atoms with E-state index in [2.05, 4.69) is 36.1 Å². The Morgan fingerprint density at radius 2 is 1.83 bits per heavy atom. The molecule has 4 heterocycles. The summed E-state index contributed by atoms with van der Waals surface area (Å²) >= 11 is 0. The zero-order chi connectivity index (χ0) is 20.2. The number of hydrogen-bond donors (Lipinski definition) is 0. The minimum absolute atomic E-state index is 0.697. The number of ether oxygens (including phenoxy) is 1. The molecule has 0 aromatic carbocycles. The number of anilines is 1. The minimum atomic E-state index is 0.697. The lowest BCUT2D eigenvalue weighted by molar-refractivity contribution is 0.122. The number of aryl methyl sites for hydroxylation is 1. The zero-order valence-electron chi connectivity index (χ0n) is 16.6. The summed E-state index contributed by atoms with van der Waals surface area (Å²) < 4.78 is 7.46. The first-order valence-electron chi connectivity index (χ1n) is 9.47. The van der Waals surface area contributed by atoms with Gasteiger partial charge in [-0.05, 0) is 38.8 Å². The van der Waals surface area contributed by atoms with Crippen LogP contribution in [0.5, 0.6) is 0 Å². The van der Waals surface area contributed by atoms with Gasteiger partial charge in [0.15, 0.2) is 0 Å². The van der Waals surface area contributed by atoms with Gasteiger partial charge in [0, 0.05) is 43.1 Å². The quantitative estimate of drug-likeness (QED) is 0.624. The maximum atomic E-state index is 5.40. The molecule has 0 N–H and O–H groups in total. The lowest BCUT2D eigenvalue weighted by Crippen LogP contribution is -2.37. The minimum Gasteiger partial charge on any atom is -0.378 e. The highest BCUT2D eigenvalue weighted by atomic mass is 16.5. The number of hydrogen-bond acceptors (Lipinski definition) is 7. The molecule has 4 rings (SSSR count). The summed E-state index contributed by atoms with van der Waals surface area (Å²) in [6.07, 6.45) is 8.95. The van der Waals surface area contributed by atoms with Crippen LogP contribution in [0, 0.1) is 13.8 Å². The van der Waals surface area contributed by atoms with Gasteiger partial charge in [-0.1, -0.05) is 0 Å². The van der Waals surface area contributed by atoms with Crippen LogP contribution in [0.25, 0.3) is 23.2 Å². The second-order valence-corrected chi connectivity index (χ2v) is 6.77. The van der Waals surface area contributed by atoms with Crippen molar-refractivity contribution < 1.29 is 4.74 Å². The fourth-order valence-electron chi connectivity index (χ4n) is 3.26. The third-order valence-electron chi connectivity index (χ3n) is 4.83. The SMILES string of the molecule is C=N/C=C\c1nc(-c2cnc(N3CCOCC3)nc2)n(-c2ccc(C)nc2)c1C. The largest absolute Gasteiger partial charge is 0.378 e. The average molecular weight is 389 g/mol. The van der Waals surface area contributed by atoms with E-state index in [1.807, 2.05) is 50.6 Å². The third kappa shape index (κ3) is 3.93. The Morgan fingerprint density at radius 1 is 1.07 bits per heavy atom. The molecule has 0 aliphatic carbocycles. The topological polar surface area (TPSA) is 81.3 Å². The molecule has 1 aliphatic heterocycles. The maximum Gasteiger partial charge on any atom is 0.225 e. The smallest absolute Gasteiger partial charge is 0.225 e. The Labute approximate surface area is 169 Å². The first kappa shape index (κ1) is 18.9. The number of nitrogens with zero attached hydrogens (tertiary/aromatic N) is 7. The summed E-state index contributed by atoms with van der Waals surface area (Å²) in [6.45, 7) is 10.5. The molecule has 1 aliphatic rings. The van der Waals surface area contributed by atoms with Gasteiger partial charge in [0.2, 0.25) is 5.95 Å². The Balaban J connectivity index is 1.76. The number of imidazole rings is 1. The lowest BCUT2D eigenvalue weighted by atomic mass is 10.3. The third-order valence-corrected chi connectivity index (χ3v) is 4.83. The van der Waals surface area contributed by atoms with Crippen molar-refractivity contribution in [2.24, 2.45) is 4.99 Å². The van der Waals surface area contributed by atoms with E-state index in [-0.39, 0.29) is 0 Å². The predicted octanol–water partition coefficient (Wildman–Crippen LogP) is 2.85. The van der Waals surface area contributed by atoms with Crippen molar-refractivity contribution in [2.75, 3.05) is 31.2 Å². The molecule has 0 atom stereocenters. The van der Waals surface area contributed by atoms with E-state index in [0.29, 0.717) is 19.2 Å². The molecule has 0 radical (unpaired) electrons. The molecule has 8 nitrogen and oxygen atoms in total. The molecule has 1 saturated heterocycles. The summed E-state index contributed by atoms with van der Waals surface area (Å²) in [5.74, 6) is 1.46. The highest BCUT2D eigenvalue weighted by molar-refractivity contribution is 5.63. The molecular formula is C21H23N7O. The van der Waals surface area contributed by atoms with Crippen LogP contribution in [-0.2, 0) is 4.74 Å². The highest BCUT2D eigenvalue weighted by Crippen LogP contribution is 2.27. The monoisotopic (exact) mass is 389 g/mol. The van der Waals surface area contributed by atoms with Crippen LogP contribution in [0.3, 0.4) is 0 Å². The van der Waals surface area contributed by atoms with Gasteiger partial charge in [-0.2, -0.15) is 0 Å². The van der Waals surface area contributed by atoms with Crippen LogP contribution in [0.1, 0.15) is 17.1 Å². The Morgan fingerprint density at radius 3 is 2.48 bits per heavy atom. The number of morpholine rings is 1. The molecule has 0 bridgehead atoms. The molecule has 0 saturated carbocycles. The van der Waals surface area contributed by atoms with Crippen LogP contribution in [-0.4, -0.2) is 57.5 Å². The van der Waals surface area contributed by atoms with Crippen LogP contribution < -0.4 is 4.90 Å². The van der Waals surface area contributed by atoms with E-state index < -0.39 is 0 Å². The van der Waals surface area contributed by atoms with Gasteiger partial charge in [0.25, 0.3) is 0 Å². The summed E-state index contributed by atoms with van der Waals surface area (Å²) in [6, 6.07) is 4.01. The van der Waals surface area contributed by atoms with Crippen LogP contribution in [0.15, 0.2) is 41.9 Å². The lowest BCUT2D eigenvalue weighted by Gasteiger charge is -2.26. The Kier molecular flexibility index (Phi) is 5.44. The van der Waals surface area contributed by atoms with Gasteiger partial charge < -0.3 is 9.64 Å². The molecule has 8 heteroatoms. The van der Waals surface area contributed by atoms with Crippen molar-refractivity contribution in [2.45, 2.75) is 13.8 Å². The Bertz CT molecular complexity index is 1020. The van der Waals surface area contributed by atoms with Crippen LogP contribution in [0.2, 0.25) is 0 Å². The Hall–Kier alpha value is -3.39. The normalized spacial score (nSPS) is 14.5. The van der Waals surface area contributed by atoms with E-state index in [1.54, 1.807) is 6.20 Å². The first-order valence-corrected chi connectivity index (χ1v) is 9.47. The first-order chi connectivity index (χ1) is 14.2. The molecule has 3 aromatic heterocycles. The highest BCUT2D eigenvalue weighted by Gasteiger charge is 2.18. The van der Waals surface area contributed by atoms with Crippen molar-refractivity contribution >= 4 is 18.7 Å². The van der Waals surface area contributed by atoms with E-state index in [1.165, 1.54) is 0 Å². The van der Waals surface area contributed by atoms with Gasteiger partial charge in [0.1, 0.15) is 5.82 Å². The average Bonchev–Trinajstić information content (AvgIpc) is 3.10. The van der Waals surface area contributed by atoms with Crippen molar-refractivity contribution in [3.8, 4) is 17.1 Å². The molecule has 29 heavy (non-hydrogen) atoms. The zero-order valence-corrected chi connectivity index (χ0v) is 16.6. The predicted molar refractivity (Wildman–Crippen MR) is 113 cm³/mol. The fourth-order valence-corrected chi connectivity index (χ4v) is 3.26. The summed E-state index contributed by atoms with van der Waals surface area (Å²) in [4.78, 5) is 24.3. The van der Waals surface area contributed by atoms with Crippen LogP contribution in [0.4, 0.5) is 5.95 Å². The second-order valence-electron chi connectivity index (χ2n) is 6.77. The van der Waals surface area contributed by atoms with E-state index in [4.69, 9.17) is 9.72 Å². The van der Waals surface area contributed by atoms with Crippen LogP contribution >= 0.6 is 0 Å². The summed E-state index contributed by atoms with van der Waals surface area (Å²) in [5, 5.41) is 0. The molecule has 0 spiro atoms. The molecule has 0 unspecified atom stereocenters. The molecular weight excluding hydrogens is 366 g/mol. The number of aromatic nitrogens is 5. The molecule has 3 aromatic rings. The van der Waals surface area contributed by atoms with Gasteiger partial charge in [-0.15, -0.1) is 0 Å². The van der Waals surface area contributed by atoms with Crippen molar-refractivity contribution in [3.63, 3.8) is 0 Å². The molecule has 148 valence electrons. The van der Waals surface area contributed by atoms with Gasteiger partial charge in [-0.25, -0.2) is 15.0 Å². The summed E-state index contributed by atoms with van der Waals surface area (Å²) in [5.41, 5.74) is 4.51. The van der Waals surface area contributed by atoms with Gasteiger partial charge >= 0.3 is 0 Å². The molecule has 0 amide bonds. The number of rotatable bonds is 5. The van der Waals surface area contributed by atoms with E-state index in [0.717, 1.165) is 47.2 Å². The van der Waals surface area contributed by atoms with Crippen molar-refractivity contribution in [1.29, 1.82) is 0 Å². The van der Waals surface area contributed by atoms with Gasteiger partial charge in [0.05, 0.1) is 36.4 Å². The van der Waals surface area contributed by atoms with Gasteiger partial charge in [-0.3, -0.25) is 14.5 Å². The van der Waals surface area contributed by atoms with E-state index >= 15 is 0 Å². The standard InChI is InChI=1S/C21H23N7O/c1-15-4-5-18(14-23-15)28-16(2)19(6-7-22-3)26-20(28)17-12-24-21(25-13-17)27-8-10-29-11-9-27/h4-7,12-14H,3,8-11H2,1-2H3/b7-6-. The second kappa shape index (κ2) is 8.32. The van der Waals surface area contributed by atoms with Crippen molar-refractivity contribution in [3.05, 3.63) is 54.0 Å². The summed E-state index contributed by atoms with van der Waals surface area (Å²) in [7, 11) is 0. The fraction of sp³-hybridized carbons (Fsp3) is 0.286. The number of pyridine rings is 1. The number of aliphatic imine (C=N–C) groups is 1.